The van der Waals surface area contributed by atoms with Crippen LogP contribution in [-0.2, 0) is 9.47 Å². The molecular formula is C23H40O2. The number of ether oxygens (including phenoxy) is 2. The fourth-order valence-electron chi connectivity index (χ4n) is 2.54. The lowest BCUT2D eigenvalue weighted by Crippen LogP contribution is -2.18. The summed E-state index contributed by atoms with van der Waals surface area (Å²) < 4.78 is 11.9. The average molecular weight is 349 g/mol. The molecule has 0 aromatic heterocycles. The molecule has 144 valence electrons. The van der Waals surface area contributed by atoms with Crippen LogP contribution >= 0.6 is 0 Å². The van der Waals surface area contributed by atoms with Gasteiger partial charge in [0.2, 0.25) is 0 Å². The second kappa shape index (κ2) is 21.0. The van der Waals surface area contributed by atoms with Gasteiger partial charge in [0, 0.05) is 19.6 Å². The lowest BCUT2D eigenvalue weighted by atomic mass is 10.2. The molecule has 0 rings (SSSR count). The van der Waals surface area contributed by atoms with Crippen molar-refractivity contribution in [2.45, 2.75) is 97.2 Å². The Bertz CT molecular complexity index is 346. The van der Waals surface area contributed by atoms with Gasteiger partial charge in [0.1, 0.15) is 0 Å². The van der Waals surface area contributed by atoms with Crippen LogP contribution < -0.4 is 0 Å². The van der Waals surface area contributed by atoms with Crippen LogP contribution in [0.3, 0.4) is 0 Å². The predicted octanol–water partition coefficient (Wildman–Crippen LogP) is 6.81. The van der Waals surface area contributed by atoms with E-state index in [1.54, 1.807) is 6.08 Å². The molecule has 0 saturated heterocycles. The van der Waals surface area contributed by atoms with E-state index in [0.29, 0.717) is 0 Å². The van der Waals surface area contributed by atoms with Crippen LogP contribution in [0.2, 0.25) is 0 Å². The molecule has 0 aliphatic heterocycles. The number of unbranched alkanes of at least 4 members (excludes halogenated alkanes) is 8. The van der Waals surface area contributed by atoms with Crippen molar-refractivity contribution in [3.8, 4) is 11.8 Å². The van der Waals surface area contributed by atoms with Crippen molar-refractivity contribution in [3.63, 3.8) is 0 Å². The third-order valence-electron chi connectivity index (χ3n) is 4.06. The summed E-state index contributed by atoms with van der Waals surface area (Å²) in [5.74, 6) is 5.74. The highest BCUT2D eigenvalue weighted by molar-refractivity contribution is 5.21. The highest BCUT2D eigenvalue weighted by Crippen LogP contribution is 2.10. The molecule has 0 aromatic rings. The molecule has 0 unspecified atom stereocenters. The maximum atomic E-state index is 5.97. The van der Waals surface area contributed by atoms with E-state index in [9.17, 15) is 0 Å². The van der Waals surface area contributed by atoms with Crippen molar-refractivity contribution in [2.24, 2.45) is 0 Å². The molecular weight excluding hydrogens is 308 g/mol. The summed E-state index contributed by atoms with van der Waals surface area (Å²) in [5.41, 5.74) is 0. The van der Waals surface area contributed by atoms with Gasteiger partial charge in [-0.3, -0.25) is 0 Å². The van der Waals surface area contributed by atoms with Gasteiger partial charge in [-0.1, -0.05) is 89.7 Å². The Morgan fingerprint density at radius 2 is 1.36 bits per heavy atom. The van der Waals surface area contributed by atoms with E-state index in [4.69, 9.17) is 9.47 Å². The highest BCUT2D eigenvalue weighted by Gasteiger charge is 2.08. The van der Waals surface area contributed by atoms with Gasteiger partial charge in [-0.15, -0.1) is 0 Å². The van der Waals surface area contributed by atoms with Crippen LogP contribution in [0.4, 0.5) is 0 Å². The Morgan fingerprint density at radius 1 is 0.800 bits per heavy atom. The summed E-state index contributed by atoms with van der Waals surface area (Å²) in [4.78, 5) is 0. The van der Waals surface area contributed by atoms with Crippen LogP contribution in [0, 0.1) is 11.8 Å². The third kappa shape index (κ3) is 19.1. The lowest BCUT2D eigenvalue weighted by Gasteiger charge is -2.18. The first-order valence-corrected chi connectivity index (χ1v) is 10.3. The van der Waals surface area contributed by atoms with Crippen molar-refractivity contribution in [1.29, 1.82) is 0 Å². The van der Waals surface area contributed by atoms with Gasteiger partial charge in [-0.2, -0.15) is 0 Å². The van der Waals surface area contributed by atoms with Gasteiger partial charge in [0.25, 0.3) is 0 Å². The highest BCUT2D eigenvalue weighted by atomic mass is 16.7. The lowest BCUT2D eigenvalue weighted by molar-refractivity contribution is -0.146. The van der Waals surface area contributed by atoms with Crippen LogP contribution in [0.25, 0.3) is 0 Å². The Balaban J connectivity index is 3.95. The summed E-state index contributed by atoms with van der Waals surface area (Å²) in [6.07, 6.45) is 20.0. The first-order valence-electron chi connectivity index (χ1n) is 10.3. The second-order valence-electron chi connectivity index (χ2n) is 6.47. The molecule has 25 heavy (non-hydrogen) atoms. The zero-order chi connectivity index (χ0) is 18.4. The Hall–Kier alpha value is -1.04. The monoisotopic (exact) mass is 348 g/mol. The molecule has 0 heterocycles. The van der Waals surface area contributed by atoms with Gasteiger partial charge in [-0.05, 0) is 31.4 Å². The molecule has 0 aromatic carbocycles. The summed E-state index contributed by atoms with van der Waals surface area (Å²) >= 11 is 0. The average Bonchev–Trinajstić information content (AvgIpc) is 2.63. The summed E-state index contributed by atoms with van der Waals surface area (Å²) in [6.45, 7) is 9.69. The fraction of sp³-hybridized carbons (Fsp3) is 0.739. The summed E-state index contributed by atoms with van der Waals surface area (Å²) in [7, 11) is 0. The van der Waals surface area contributed by atoms with Crippen molar-refractivity contribution >= 4 is 0 Å². The van der Waals surface area contributed by atoms with E-state index in [-0.39, 0.29) is 6.29 Å². The van der Waals surface area contributed by atoms with E-state index >= 15 is 0 Å². The largest absolute Gasteiger partial charge is 0.353 e. The Kier molecular flexibility index (Phi) is 20.1. The standard InChI is InChI=1S/C23H40O2/c1-4-7-10-13-14-17-20-23(24-21-18-15-11-8-5-2)25-22-19-16-12-9-6-3/h4,13-14,23H,1,5-6,8-9,11-12,15-22H2,2-3H3/b14-13-. The number of rotatable bonds is 17. The van der Waals surface area contributed by atoms with Crippen molar-refractivity contribution in [1.82, 2.24) is 0 Å². The molecule has 0 fully saturated rings. The molecule has 0 bridgehead atoms. The normalized spacial score (nSPS) is 11.0. The molecule has 2 nitrogen and oxygen atoms in total. The third-order valence-corrected chi connectivity index (χ3v) is 4.06. The molecule has 0 aliphatic rings. The van der Waals surface area contributed by atoms with Gasteiger partial charge in [0.15, 0.2) is 6.29 Å². The van der Waals surface area contributed by atoms with E-state index in [0.717, 1.165) is 38.9 Å². The van der Waals surface area contributed by atoms with E-state index in [2.05, 4.69) is 38.3 Å². The molecule has 0 amide bonds. The zero-order valence-electron chi connectivity index (χ0n) is 16.7. The smallest absolute Gasteiger partial charge is 0.157 e. The van der Waals surface area contributed by atoms with E-state index < -0.39 is 0 Å². The first kappa shape index (κ1) is 24.0. The minimum atomic E-state index is -0.0747. The topological polar surface area (TPSA) is 18.5 Å². The summed E-state index contributed by atoms with van der Waals surface area (Å²) in [5, 5.41) is 0. The number of allylic oxidation sites excluding steroid dienone is 3. The van der Waals surface area contributed by atoms with Crippen LogP contribution in [-0.4, -0.2) is 19.5 Å². The molecule has 2 heteroatoms. The SMILES string of the molecule is C=CC#C/C=C\CCC(OCCCCCCC)OCCCCCCC. The molecule has 0 N–H and O–H groups in total. The Labute approximate surface area is 157 Å². The van der Waals surface area contributed by atoms with Crippen LogP contribution in [0.5, 0.6) is 0 Å². The van der Waals surface area contributed by atoms with Crippen molar-refractivity contribution in [3.05, 3.63) is 24.8 Å². The summed E-state index contributed by atoms with van der Waals surface area (Å²) in [6, 6.07) is 0. The predicted molar refractivity (Wildman–Crippen MR) is 110 cm³/mol. The zero-order valence-corrected chi connectivity index (χ0v) is 16.7. The minimum absolute atomic E-state index is 0.0747. The molecule has 0 saturated carbocycles. The van der Waals surface area contributed by atoms with Crippen molar-refractivity contribution < 1.29 is 9.47 Å². The van der Waals surface area contributed by atoms with Gasteiger partial charge in [0.05, 0.1) is 0 Å². The quantitative estimate of drug-likeness (QED) is 0.163. The fourth-order valence-corrected chi connectivity index (χ4v) is 2.54. The van der Waals surface area contributed by atoms with Gasteiger partial charge >= 0.3 is 0 Å². The minimum Gasteiger partial charge on any atom is -0.353 e. The van der Waals surface area contributed by atoms with Gasteiger partial charge in [-0.25, -0.2) is 0 Å². The Morgan fingerprint density at radius 3 is 1.88 bits per heavy atom. The van der Waals surface area contributed by atoms with Crippen molar-refractivity contribution in [2.75, 3.05) is 13.2 Å². The van der Waals surface area contributed by atoms with Crippen LogP contribution in [0.15, 0.2) is 24.8 Å². The maximum Gasteiger partial charge on any atom is 0.157 e. The molecule has 0 spiro atoms. The molecule has 0 atom stereocenters. The van der Waals surface area contributed by atoms with Crippen LogP contribution in [0.1, 0.15) is 90.9 Å². The van der Waals surface area contributed by atoms with E-state index in [1.807, 2.05) is 6.08 Å². The maximum absolute atomic E-state index is 5.97. The van der Waals surface area contributed by atoms with Gasteiger partial charge < -0.3 is 9.47 Å². The number of hydrogen-bond acceptors (Lipinski definition) is 2. The number of hydrogen-bond donors (Lipinski definition) is 0. The first-order chi connectivity index (χ1) is 12.3. The molecule has 0 aliphatic carbocycles. The molecule has 0 radical (unpaired) electrons. The second-order valence-corrected chi connectivity index (χ2v) is 6.47. The van der Waals surface area contributed by atoms with E-state index in [1.165, 1.54) is 51.4 Å².